The lowest BCUT2D eigenvalue weighted by Gasteiger charge is -2.10. The van der Waals surface area contributed by atoms with Crippen LogP contribution >= 0.6 is 0 Å². The third-order valence-corrected chi connectivity index (χ3v) is 3.26. The topological polar surface area (TPSA) is 9.23 Å². The number of aryl methyl sites for hydroxylation is 1. The largest absolute Gasteiger partial charge is 0.381 e. The van der Waals surface area contributed by atoms with Gasteiger partial charge in [-0.15, -0.1) is 0 Å². The Kier molecular flexibility index (Phi) is 4.16. The first-order chi connectivity index (χ1) is 8.69. The molecule has 1 heteroatoms. The van der Waals surface area contributed by atoms with Gasteiger partial charge in [0.05, 0.1) is 6.10 Å². The molecule has 0 aliphatic carbocycles. The van der Waals surface area contributed by atoms with Crippen LogP contribution in [0.15, 0.2) is 48.5 Å². The second-order valence-electron chi connectivity index (χ2n) is 4.81. The average molecular weight is 240 g/mol. The van der Waals surface area contributed by atoms with Crippen molar-refractivity contribution in [2.75, 3.05) is 7.11 Å². The van der Waals surface area contributed by atoms with Crippen LogP contribution in [0.4, 0.5) is 0 Å². The maximum absolute atomic E-state index is 5.28. The van der Waals surface area contributed by atoms with Crippen molar-refractivity contribution in [3.63, 3.8) is 0 Å². The van der Waals surface area contributed by atoms with Crippen LogP contribution in [0, 0.1) is 6.92 Å². The van der Waals surface area contributed by atoms with Crippen molar-refractivity contribution in [3.05, 3.63) is 59.7 Å². The summed E-state index contributed by atoms with van der Waals surface area (Å²) < 4.78 is 5.28. The lowest BCUT2D eigenvalue weighted by atomic mass is 10.0. The van der Waals surface area contributed by atoms with Crippen molar-refractivity contribution >= 4 is 0 Å². The van der Waals surface area contributed by atoms with Crippen molar-refractivity contribution in [1.29, 1.82) is 0 Å². The van der Waals surface area contributed by atoms with Crippen LogP contribution in [0.3, 0.4) is 0 Å². The average Bonchev–Trinajstić information content (AvgIpc) is 2.40. The molecule has 0 aliphatic heterocycles. The van der Waals surface area contributed by atoms with Crippen molar-refractivity contribution < 1.29 is 4.74 Å². The van der Waals surface area contributed by atoms with E-state index in [1.807, 2.05) is 0 Å². The molecule has 0 saturated heterocycles. The van der Waals surface area contributed by atoms with Gasteiger partial charge in [-0.25, -0.2) is 0 Å². The molecule has 1 atom stereocenters. The van der Waals surface area contributed by atoms with Gasteiger partial charge in [-0.3, -0.25) is 0 Å². The Morgan fingerprint density at radius 2 is 1.39 bits per heavy atom. The van der Waals surface area contributed by atoms with E-state index < -0.39 is 0 Å². The number of methoxy groups -OCH3 is 1. The van der Waals surface area contributed by atoms with Gasteiger partial charge >= 0.3 is 0 Å². The van der Waals surface area contributed by atoms with Crippen molar-refractivity contribution in [3.8, 4) is 11.1 Å². The SMILES string of the molecule is COC(C)Cc1ccc(-c2ccc(C)cc2)cc1. The van der Waals surface area contributed by atoms with E-state index in [0.29, 0.717) is 0 Å². The molecule has 0 spiro atoms. The second-order valence-corrected chi connectivity index (χ2v) is 4.81. The van der Waals surface area contributed by atoms with E-state index in [0.717, 1.165) is 6.42 Å². The molecule has 0 aliphatic rings. The Labute approximate surface area is 109 Å². The molecule has 1 nitrogen and oxygen atoms in total. The van der Waals surface area contributed by atoms with Gasteiger partial charge in [0.1, 0.15) is 0 Å². The summed E-state index contributed by atoms with van der Waals surface area (Å²) in [5, 5.41) is 0. The summed E-state index contributed by atoms with van der Waals surface area (Å²) in [6.45, 7) is 4.20. The molecular formula is C17H20O. The van der Waals surface area contributed by atoms with Crippen LogP contribution in [-0.2, 0) is 11.2 Å². The monoisotopic (exact) mass is 240 g/mol. The lowest BCUT2D eigenvalue weighted by molar-refractivity contribution is 0.119. The summed E-state index contributed by atoms with van der Waals surface area (Å²) in [6.07, 6.45) is 1.24. The molecule has 0 bridgehead atoms. The molecule has 2 rings (SSSR count). The van der Waals surface area contributed by atoms with Crippen molar-refractivity contribution in [1.82, 2.24) is 0 Å². The highest BCUT2D eigenvalue weighted by molar-refractivity contribution is 5.63. The Morgan fingerprint density at radius 1 is 0.889 bits per heavy atom. The van der Waals surface area contributed by atoms with Gasteiger partial charge in [0, 0.05) is 7.11 Å². The molecule has 94 valence electrons. The van der Waals surface area contributed by atoms with E-state index in [1.165, 1.54) is 22.3 Å². The standard InChI is InChI=1S/C17H20O/c1-13-4-8-16(9-5-13)17-10-6-15(7-11-17)12-14(2)18-3/h4-11,14H,12H2,1-3H3. The minimum absolute atomic E-state index is 0.273. The van der Waals surface area contributed by atoms with E-state index in [4.69, 9.17) is 4.74 Å². The zero-order valence-corrected chi connectivity index (χ0v) is 11.3. The van der Waals surface area contributed by atoms with Gasteiger partial charge in [0.2, 0.25) is 0 Å². The number of rotatable bonds is 4. The summed E-state index contributed by atoms with van der Waals surface area (Å²) in [7, 11) is 1.76. The molecule has 0 amide bonds. The fraction of sp³-hybridized carbons (Fsp3) is 0.294. The highest BCUT2D eigenvalue weighted by Crippen LogP contribution is 2.20. The van der Waals surface area contributed by atoms with E-state index in [2.05, 4.69) is 62.4 Å². The van der Waals surface area contributed by atoms with Gasteiger partial charge in [-0.1, -0.05) is 54.1 Å². The summed E-state index contributed by atoms with van der Waals surface area (Å²) >= 11 is 0. The lowest BCUT2D eigenvalue weighted by Crippen LogP contribution is -2.08. The minimum Gasteiger partial charge on any atom is -0.381 e. The fourth-order valence-electron chi connectivity index (χ4n) is 1.99. The van der Waals surface area contributed by atoms with E-state index in [1.54, 1.807) is 7.11 Å². The van der Waals surface area contributed by atoms with Gasteiger partial charge in [0.25, 0.3) is 0 Å². The summed E-state index contributed by atoms with van der Waals surface area (Å²) in [5.41, 5.74) is 5.15. The highest BCUT2D eigenvalue weighted by Gasteiger charge is 2.02. The van der Waals surface area contributed by atoms with Gasteiger partial charge in [-0.05, 0) is 37.0 Å². The van der Waals surface area contributed by atoms with Crippen molar-refractivity contribution in [2.45, 2.75) is 26.4 Å². The number of benzene rings is 2. The first-order valence-corrected chi connectivity index (χ1v) is 6.38. The first-order valence-electron chi connectivity index (χ1n) is 6.38. The molecule has 0 radical (unpaired) electrons. The summed E-state index contributed by atoms with van der Waals surface area (Å²) in [5.74, 6) is 0. The molecule has 0 saturated carbocycles. The normalized spacial score (nSPS) is 12.4. The number of hydrogen-bond acceptors (Lipinski definition) is 1. The number of ether oxygens (including phenoxy) is 1. The first kappa shape index (κ1) is 12.8. The van der Waals surface area contributed by atoms with Gasteiger partial charge in [-0.2, -0.15) is 0 Å². The van der Waals surface area contributed by atoms with Crippen molar-refractivity contribution in [2.24, 2.45) is 0 Å². The van der Waals surface area contributed by atoms with Gasteiger partial charge in [0.15, 0.2) is 0 Å². The maximum Gasteiger partial charge on any atom is 0.0583 e. The Morgan fingerprint density at radius 3 is 1.89 bits per heavy atom. The molecule has 0 fully saturated rings. The maximum atomic E-state index is 5.28. The van der Waals surface area contributed by atoms with Gasteiger partial charge < -0.3 is 4.74 Å². The number of hydrogen-bond donors (Lipinski definition) is 0. The van der Waals surface area contributed by atoms with Crippen LogP contribution in [-0.4, -0.2) is 13.2 Å². The van der Waals surface area contributed by atoms with E-state index >= 15 is 0 Å². The molecule has 0 aromatic heterocycles. The molecule has 2 aromatic rings. The Bertz CT molecular complexity index is 482. The predicted octanol–water partition coefficient (Wildman–Crippen LogP) is 4.24. The molecule has 18 heavy (non-hydrogen) atoms. The molecule has 0 heterocycles. The van der Waals surface area contributed by atoms with Crippen LogP contribution in [0.2, 0.25) is 0 Å². The molecular weight excluding hydrogens is 220 g/mol. The Hall–Kier alpha value is -1.60. The third kappa shape index (κ3) is 3.21. The predicted molar refractivity (Wildman–Crippen MR) is 76.8 cm³/mol. The quantitative estimate of drug-likeness (QED) is 0.776. The summed E-state index contributed by atoms with van der Waals surface area (Å²) in [4.78, 5) is 0. The molecule has 2 aromatic carbocycles. The molecule has 1 unspecified atom stereocenters. The van der Waals surface area contributed by atoms with E-state index in [9.17, 15) is 0 Å². The zero-order valence-electron chi connectivity index (χ0n) is 11.3. The smallest absolute Gasteiger partial charge is 0.0583 e. The summed E-state index contributed by atoms with van der Waals surface area (Å²) in [6, 6.07) is 17.4. The van der Waals surface area contributed by atoms with Crippen LogP contribution < -0.4 is 0 Å². The zero-order chi connectivity index (χ0) is 13.0. The van der Waals surface area contributed by atoms with Crippen LogP contribution in [0.5, 0.6) is 0 Å². The highest BCUT2D eigenvalue weighted by atomic mass is 16.5. The fourth-order valence-corrected chi connectivity index (χ4v) is 1.99. The molecule has 0 N–H and O–H groups in total. The van der Waals surface area contributed by atoms with E-state index in [-0.39, 0.29) is 6.10 Å². The second kappa shape index (κ2) is 5.83. The minimum atomic E-state index is 0.273. The Balaban J connectivity index is 2.14. The third-order valence-electron chi connectivity index (χ3n) is 3.26. The van der Waals surface area contributed by atoms with Crippen LogP contribution in [0.1, 0.15) is 18.1 Å². The van der Waals surface area contributed by atoms with Crippen LogP contribution in [0.25, 0.3) is 11.1 Å².